The Labute approximate surface area is 168 Å². The Kier molecular flexibility index (Phi) is 20.4. The SMILES string of the molecule is CCC=CCC=CCC(O)CCCCCCCCCCCCCCC(=O)O. The molecule has 0 aromatic rings. The van der Waals surface area contributed by atoms with Crippen molar-refractivity contribution in [3.8, 4) is 0 Å². The van der Waals surface area contributed by atoms with Crippen molar-refractivity contribution in [3.05, 3.63) is 24.3 Å². The minimum absolute atomic E-state index is 0.174. The number of carbonyl (C=O) groups is 1. The highest BCUT2D eigenvalue weighted by Crippen LogP contribution is 2.14. The maximum absolute atomic E-state index is 10.4. The number of aliphatic hydroxyl groups excluding tert-OH is 1. The lowest BCUT2D eigenvalue weighted by Crippen LogP contribution is -2.04. The summed E-state index contributed by atoms with van der Waals surface area (Å²) in [6.07, 6.45) is 27.1. The lowest BCUT2D eigenvalue weighted by atomic mass is 10.0. The first-order valence-electron chi connectivity index (χ1n) is 11.4. The van der Waals surface area contributed by atoms with Gasteiger partial charge in [-0.15, -0.1) is 0 Å². The molecule has 1 atom stereocenters. The van der Waals surface area contributed by atoms with Crippen LogP contribution in [-0.4, -0.2) is 22.3 Å². The molecule has 0 spiro atoms. The van der Waals surface area contributed by atoms with E-state index in [0.29, 0.717) is 6.42 Å². The molecule has 0 saturated carbocycles. The molecule has 27 heavy (non-hydrogen) atoms. The number of aliphatic hydroxyl groups is 1. The molecule has 3 heteroatoms. The molecular weight excluding hydrogens is 336 g/mol. The fraction of sp³-hybridized carbons (Fsp3) is 0.792. The van der Waals surface area contributed by atoms with Gasteiger partial charge < -0.3 is 10.2 Å². The van der Waals surface area contributed by atoms with Gasteiger partial charge in [-0.3, -0.25) is 4.79 Å². The van der Waals surface area contributed by atoms with Crippen molar-refractivity contribution in [3.63, 3.8) is 0 Å². The Hall–Kier alpha value is -1.09. The highest BCUT2D eigenvalue weighted by molar-refractivity contribution is 5.66. The minimum Gasteiger partial charge on any atom is -0.481 e. The number of hydrogen-bond acceptors (Lipinski definition) is 2. The molecule has 0 aliphatic heterocycles. The van der Waals surface area contributed by atoms with Crippen molar-refractivity contribution < 1.29 is 15.0 Å². The van der Waals surface area contributed by atoms with Gasteiger partial charge in [0, 0.05) is 6.42 Å². The largest absolute Gasteiger partial charge is 0.481 e. The van der Waals surface area contributed by atoms with E-state index in [1.54, 1.807) is 0 Å². The monoisotopic (exact) mass is 380 g/mol. The van der Waals surface area contributed by atoms with Gasteiger partial charge in [-0.05, 0) is 32.1 Å². The molecule has 0 radical (unpaired) electrons. The molecule has 1 unspecified atom stereocenters. The maximum atomic E-state index is 10.4. The van der Waals surface area contributed by atoms with E-state index in [9.17, 15) is 9.90 Å². The first-order chi connectivity index (χ1) is 13.2. The molecule has 0 saturated heterocycles. The number of carboxylic acids is 1. The van der Waals surface area contributed by atoms with Crippen LogP contribution in [0.3, 0.4) is 0 Å². The van der Waals surface area contributed by atoms with Crippen LogP contribution in [0.2, 0.25) is 0 Å². The summed E-state index contributed by atoms with van der Waals surface area (Å²) in [5.74, 6) is -0.670. The van der Waals surface area contributed by atoms with Gasteiger partial charge in [0.25, 0.3) is 0 Å². The van der Waals surface area contributed by atoms with Gasteiger partial charge in [0.05, 0.1) is 6.10 Å². The summed E-state index contributed by atoms with van der Waals surface area (Å²) in [5.41, 5.74) is 0. The lowest BCUT2D eigenvalue weighted by molar-refractivity contribution is -0.137. The summed E-state index contributed by atoms with van der Waals surface area (Å²) in [6, 6.07) is 0. The van der Waals surface area contributed by atoms with Crippen LogP contribution < -0.4 is 0 Å². The first-order valence-corrected chi connectivity index (χ1v) is 11.4. The Morgan fingerprint density at radius 2 is 1.22 bits per heavy atom. The minimum atomic E-state index is -0.670. The predicted octanol–water partition coefficient (Wildman–Crippen LogP) is 7.20. The molecule has 0 amide bonds. The zero-order valence-electron chi connectivity index (χ0n) is 17.7. The fourth-order valence-corrected chi connectivity index (χ4v) is 3.23. The van der Waals surface area contributed by atoms with Crippen LogP contribution in [0, 0.1) is 0 Å². The van der Waals surface area contributed by atoms with E-state index in [1.165, 1.54) is 57.8 Å². The van der Waals surface area contributed by atoms with Crippen molar-refractivity contribution in [1.82, 2.24) is 0 Å². The van der Waals surface area contributed by atoms with Gasteiger partial charge in [0.2, 0.25) is 0 Å². The zero-order valence-corrected chi connectivity index (χ0v) is 17.7. The summed E-state index contributed by atoms with van der Waals surface area (Å²) in [4.78, 5) is 10.4. The number of allylic oxidation sites excluding steroid dienone is 3. The molecule has 0 aromatic heterocycles. The van der Waals surface area contributed by atoms with E-state index in [0.717, 1.165) is 44.9 Å². The van der Waals surface area contributed by atoms with Gasteiger partial charge in [-0.25, -0.2) is 0 Å². The third kappa shape index (κ3) is 22.9. The van der Waals surface area contributed by atoms with Crippen LogP contribution in [-0.2, 0) is 4.79 Å². The number of rotatable bonds is 20. The zero-order chi connectivity index (χ0) is 20.0. The van der Waals surface area contributed by atoms with Crippen LogP contribution >= 0.6 is 0 Å². The molecular formula is C24H44O3. The van der Waals surface area contributed by atoms with E-state index in [-0.39, 0.29) is 6.10 Å². The van der Waals surface area contributed by atoms with Crippen molar-refractivity contribution >= 4 is 5.97 Å². The van der Waals surface area contributed by atoms with Crippen LogP contribution in [0.15, 0.2) is 24.3 Å². The molecule has 0 aromatic carbocycles. The predicted molar refractivity (Wildman–Crippen MR) is 116 cm³/mol. The topological polar surface area (TPSA) is 57.5 Å². The molecule has 2 N–H and O–H groups in total. The van der Waals surface area contributed by atoms with Gasteiger partial charge >= 0.3 is 5.97 Å². The second kappa shape index (κ2) is 21.2. The lowest BCUT2D eigenvalue weighted by Gasteiger charge is -2.07. The molecule has 0 rings (SSSR count). The molecule has 0 heterocycles. The standard InChI is InChI=1S/C24H44O3/c1-2-3-4-5-14-17-20-23(25)21-18-15-12-10-8-6-7-9-11-13-16-19-22-24(26)27/h3-4,14,17,23,25H,2,5-13,15-16,18-22H2,1H3,(H,26,27). The second-order valence-corrected chi connectivity index (χ2v) is 7.65. The van der Waals surface area contributed by atoms with Crippen LogP contribution in [0.5, 0.6) is 0 Å². The first kappa shape index (κ1) is 25.9. The number of hydrogen-bond donors (Lipinski definition) is 2. The average Bonchev–Trinajstić information content (AvgIpc) is 2.64. The van der Waals surface area contributed by atoms with Gasteiger partial charge in [-0.2, -0.15) is 0 Å². The van der Waals surface area contributed by atoms with Gasteiger partial charge in [0.1, 0.15) is 0 Å². The van der Waals surface area contributed by atoms with E-state index in [2.05, 4.69) is 31.2 Å². The maximum Gasteiger partial charge on any atom is 0.303 e. The average molecular weight is 381 g/mol. The molecule has 0 fully saturated rings. The number of unbranched alkanes of at least 4 members (excludes halogenated alkanes) is 11. The van der Waals surface area contributed by atoms with Crippen LogP contribution in [0.25, 0.3) is 0 Å². The molecule has 0 aliphatic carbocycles. The van der Waals surface area contributed by atoms with E-state index < -0.39 is 5.97 Å². The van der Waals surface area contributed by atoms with Crippen LogP contribution in [0.1, 0.15) is 116 Å². The quantitative estimate of drug-likeness (QED) is 0.173. The summed E-state index contributed by atoms with van der Waals surface area (Å²) in [6.45, 7) is 2.14. The highest BCUT2D eigenvalue weighted by Gasteiger charge is 2.01. The second-order valence-electron chi connectivity index (χ2n) is 7.65. The van der Waals surface area contributed by atoms with E-state index >= 15 is 0 Å². The fourth-order valence-electron chi connectivity index (χ4n) is 3.23. The normalized spacial score (nSPS) is 13.0. The molecule has 3 nitrogen and oxygen atoms in total. The Bertz CT molecular complexity index is 374. The van der Waals surface area contributed by atoms with Gasteiger partial charge in [-0.1, -0.05) is 102 Å². The molecule has 0 bridgehead atoms. The Morgan fingerprint density at radius 1 is 0.741 bits per heavy atom. The smallest absolute Gasteiger partial charge is 0.303 e. The van der Waals surface area contributed by atoms with Gasteiger partial charge in [0.15, 0.2) is 0 Å². The van der Waals surface area contributed by atoms with Crippen LogP contribution in [0.4, 0.5) is 0 Å². The highest BCUT2D eigenvalue weighted by atomic mass is 16.4. The summed E-state index contributed by atoms with van der Waals surface area (Å²) >= 11 is 0. The molecule has 0 aliphatic rings. The number of aliphatic carboxylic acids is 1. The Balaban J connectivity index is 3.21. The van der Waals surface area contributed by atoms with Crippen molar-refractivity contribution in [1.29, 1.82) is 0 Å². The van der Waals surface area contributed by atoms with E-state index in [4.69, 9.17) is 5.11 Å². The summed E-state index contributed by atoms with van der Waals surface area (Å²) in [5, 5.41) is 18.5. The molecule has 158 valence electrons. The van der Waals surface area contributed by atoms with Crippen molar-refractivity contribution in [2.75, 3.05) is 0 Å². The third-order valence-electron chi connectivity index (χ3n) is 4.93. The number of carboxylic acid groups (broad SMARTS) is 1. The Morgan fingerprint density at radius 3 is 1.74 bits per heavy atom. The third-order valence-corrected chi connectivity index (χ3v) is 4.93. The van der Waals surface area contributed by atoms with Crippen molar-refractivity contribution in [2.24, 2.45) is 0 Å². The van der Waals surface area contributed by atoms with E-state index in [1.807, 2.05) is 0 Å². The van der Waals surface area contributed by atoms with Crippen molar-refractivity contribution in [2.45, 2.75) is 122 Å². The summed E-state index contributed by atoms with van der Waals surface area (Å²) in [7, 11) is 0. The summed E-state index contributed by atoms with van der Waals surface area (Å²) < 4.78 is 0.